The topological polar surface area (TPSA) is 202 Å². The minimum Gasteiger partial charge on any atom is -0.484 e. The maximum absolute atomic E-state index is 14.2. The quantitative estimate of drug-likeness (QED) is 0.0909. The first-order valence-corrected chi connectivity index (χ1v) is 24.4. The number of thiophene rings is 1. The molecule has 8 rings (SSSR count). The average Bonchev–Trinajstić information content (AvgIpc) is 4.09. The molecule has 69 heavy (non-hydrogen) atoms. The standard InChI is InChI=1S/C51H57N9O7S2/c1-27-30(4)69-50-42(27)43(56-46(55-40(62)24-66-9)47-58-57-31(5)60(47)50)35-14-12-33(13-15-35)34-18-20-38(21-19-34)67-25-41(63)54-45(51(6,7)8)49(65)59-23-37(61)22-39(59)48(64)53-28(2)32-10-16-36(17-11-32)44-29(3)52-26-68-44/h10-21,26,28,37,39,45-46,61H,22-25H2,1-9H3,(H,53,64)(H,54,63)(H,55,62)/t28-,37+,39-,45+,46?/m0/s1. The molecule has 0 radical (unpaired) electrons. The number of carbonyl (C=O) groups excluding carboxylic acids is 4. The summed E-state index contributed by atoms with van der Waals surface area (Å²) in [6.07, 6.45) is -1.62. The van der Waals surface area contributed by atoms with Crippen molar-refractivity contribution in [1.29, 1.82) is 0 Å². The van der Waals surface area contributed by atoms with E-state index in [0.717, 1.165) is 65.1 Å². The van der Waals surface area contributed by atoms with Crippen molar-refractivity contribution in [2.45, 2.75) is 92.2 Å². The first-order chi connectivity index (χ1) is 32.9. The van der Waals surface area contributed by atoms with Gasteiger partial charge in [0.15, 0.2) is 18.6 Å². The van der Waals surface area contributed by atoms with Gasteiger partial charge in [-0.3, -0.25) is 28.7 Å². The molecule has 0 bridgehead atoms. The number of carbonyl (C=O) groups is 4. The van der Waals surface area contributed by atoms with E-state index >= 15 is 0 Å². The molecule has 1 unspecified atom stereocenters. The number of amides is 4. The molecule has 4 N–H and O–H groups in total. The van der Waals surface area contributed by atoms with Crippen molar-refractivity contribution in [3.8, 4) is 32.3 Å². The summed E-state index contributed by atoms with van der Waals surface area (Å²) in [5, 5.41) is 29.2. The second kappa shape index (κ2) is 20.2. The molecule has 1 fully saturated rings. The summed E-state index contributed by atoms with van der Waals surface area (Å²) in [6, 6.07) is 21.0. The van der Waals surface area contributed by atoms with Crippen LogP contribution in [-0.2, 0) is 23.9 Å². The van der Waals surface area contributed by atoms with Crippen molar-refractivity contribution in [3.05, 3.63) is 123 Å². The van der Waals surface area contributed by atoms with E-state index in [-0.39, 0.29) is 44.0 Å². The number of nitrogens with one attached hydrogen (secondary N) is 3. The number of methoxy groups -OCH3 is 1. The monoisotopic (exact) mass is 971 g/mol. The van der Waals surface area contributed by atoms with Gasteiger partial charge in [-0.05, 0) is 80.0 Å². The van der Waals surface area contributed by atoms with Crippen molar-refractivity contribution in [2.24, 2.45) is 10.4 Å². The number of rotatable bonds is 14. The largest absolute Gasteiger partial charge is 0.484 e. The molecule has 16 nitrogen and oxygen atoms in total. The van der Waals surface area contributed by atoms with Gasteiger partial charge in [0.05, 0.1) is 33.9 Å². The van der Waals surface area contributed by atoms with Gasteiger partial charge in [-0.25, -0.2) is 4.98 Å². The highest BCUT2D eigenvalue weighted by Crippen LogP contribution is 2.39. The van der Waals surface area contributed by atoms with E-state index in [1.165, 1.54) is 12.0 Å². The second-order valence-electron chi connectivity index (χ2n) is 18.6. The summed E-state index contributed by atoms with van der Waals surface area (Å²) >= 11 is 3.20. The number of aliphatic hydroxyl groups is 1. The number of hydrogen-bond acceptors (Lipinski definition) is 13. The van der Waals surface area contributed by atoms with Gasteiger partial charge in [-0.1, -0.05) is 81.4 Å². The van der Waals surface area contributed by atoms with E-state index in [0.29, 0.717) is 17.4 Å². The smallest absolute Gasteiger partial charge is 0.258 e. The Kier molecular flexibility index (Phi) is 14.3. The van der Waals surface area contributed by atoms with Crippen molar-refractivity contribution in [1.82, 2.24) is 40.6 Å². The lowest BCUT2D eigenvalue weighted by molar-refractivity contribution is -0.144. The molecule has 3 aromatic heterocycles. The molecule has 5 atom stereocenters. The number of likely N-dealkylation sites (tertiary alicyclic amines) is 1. The number of aliphatic imine (C=N–C) groups is 1. The number of fused-ring (bicyclic) bond motifs is 3. The SMILES string of the molecule is COCC(=O)NC1N=C(c2ccc(-c3ccc(OCC(=O)N[C@H](C(=O)N4C[C@H](O)C[C@H]4C(=O)N[C@@H](C)c4ccc(-c5scnc5C)cc4)C(C)(C)C)cc3)cc2)c2c(sc(C)c2C)-n2c(C)nnc21. The number of thiazole rings is 1. The zero-order valence-corrected chi connectivity index (χ0v) is 41.8. The van der Waals surface area contributed by atoms with Crippen LogP contribution in [0.4, 0.5) is 0 Å². The summed E-state index contributed by atoms with van der Waals surface area (Å²) in [5.41, 5.74) is 9.43. The van der Waals surface area contributed by atoms with E-state index in [2.05, 4.69) is 45.0 Å². The zero-order chi connectivity index (χ0) is 49.3. The van der Waals surface area contributed by atoms with Crippen LogP contribution in [0.2, 0.25) is 0 Å². The fraction of sp³-hybridized carbons (Fsp3) is 0.373. The normalized spacial score (nSPS) is 17.5. The van der Waals surface area contributed by atoms with E-state index in [4.69, 9.17) is 14.5 Å². The number of β-amino-alcohol motifs (C(OH)–C–C–N with tert-alkyl or cyclic N) is 1. The number of ether oxygens (including phenoxy) is 2. The molecular weight excluding hydrogens is 915 g/mol. The van der Waals surface area contributed by atoms with E-state index in [1.807, 2.05) is 112 Å². The Morgan fingerprint density at radius 1 is 0.855 bits per heavy atom. The van der Waals surface area contributed by atoms with Crippen LogP contribution in [0.25, 0.3) is 26.6 Å². The number of benzene rings is 3. The second-order valence-corrected chi connectivity index (χ2v) is 20.6. The lowest BCUT2D eigenvalue weighted by Crippen LogP contribution is -2.58. The molecule has 0 spiro atoms. The number of nitrogens with zero attached hydrogens (tertiary/aromatic N) is 6. The Hall–Kier alpha value is -6.60. The minimum absolute atomic E-state index is 0.0361. The summed E-state index contributed by atoms with van der Waals surface area (Å²) in [5.74, 6) is -0.0220. The molecule has 3 aromatic carbocycles. The van der Waals surface area contributed by atoms with Gasteiger partial charge in [-0.15, -0.1) is 32.9 Å². The Balaban J connectivity index is 0.906. The van der Waals surface area contributed by atoms with Crippen molar-refractivity contribution < 1.29 is 33.8 Å². The highest BCUT2D eigenvalue weighted by molar-refractivity contribution is 7.15. The first kappa shape index (κ1) is 48.8. The molecule has 0 aliphatic carbocycles. The van der Waals surface area contributed by atoms with Crippen LogP contribution in [0, 0.1) is 33.1 Å². The van der Waals surface area contributed by atoms with Crippen LogP contribution in [0.5, 0.6) is 5.75 Å². The summed E-state index contributed by atoms with van der Waals surface area (Å²) in [7, 11) is 1.46. The van der Waals surface area contributed by atoms with E-state index in [1.54, 1.807) is 34.8 Å². The lowest BCUT2D eigenvalue weighted by Gasteiger charge is -2.35. The maximum Gasteiger partial charge on any atom is 0.258 e. The molecule has 0 saturated carbocycles. The number of aliphatic hydroxyl groups excluding tert-OH is 1. The van der Waals surface area contributed by atoms with Crippen molar-refractivity contribution in [2.75, 3.05) is 26.9 Å². The van der Waals surface area contributed by atoms with Crippen LogP contribution < -0.4 is 20.7 Å². The third-order valence-corrected chi connectivity index (χ3v) is 14.7. The van der Waals surface area contributed by atoms with Crippen LogP contribution in [0.3, 0.4) is 0 Å². The molecule has 2 aliphatic heterocycles. The van der Waals surface area contributed by atoms with Gasteiger partial charge < -0.3 is 35.4 Å². The highest BCUT2D eigenvalue weighted by atomic mass is 32.1. The van der Waals surface area contributed by atoms with Gasteiger partial charge in [0.1, 0.15) is 35.3 Å². The molecule has 18 heteroatoms. The van der Waals surface area contributed by atoms with Crippen molar-refractivity contribution in [3.63, 3.8) is 0 Å². The summed E-state index contributed by atoms with van der Waals surface area (Å²) in [4.78, 5) is 67.2. The fourth-order valence-corrected chi connectivity index (χ4v) is 10.7. The Labute approximate surface area is 409 Å². The maximum atomic E-state index is 14.2. The molecular formula is C51H57N9O7S2. The van der Waals surface area contributed by atoms with Crippen LogP contribution in [0.15, 0.2) is 83.3 Å². The first-order valence-electron chi connectivity index (χ1n) is 22.7. The summed E-state index contributed by atoms with van der Waals surface area (Å²) in [6.45, 7) is 14.9. The van der Waals surface area contributed by atoms with E-state index in [9.17, 15) is 24.3 Å². The third-order valence-electron chi connectivity index (χ3n) is 12.5. The van der Waals surface area contributed by atoms with Gasteiger partial charge in [-0.2, -0.15) is 0 Å². The Bertz CT molecular complexity index is 2900. The van der Waals surface area contributed by atoms with Gasteiger partial charge >= 0.3 is 0 Å². The van der Waals surface area contributed by atoms with Gasteiger partial charge in [0.25, 0.3) is 5.91 Å². The third kappa shape index (κ3) is 10.4. The lowest BCUT2D eigenvalue weighted by atomic mass is 9.85. The Morgan fingerprint density at radius 2 is 1.51 bits per heavy atom. The predicted octanol–water partition coefficient (Wildman–Crippen LogP) is 6.71. The molecule has 5 heterocycles. The highest BCUT2D eigenvalue weighted by Gasteiger charge is 2.45. The minimum atomic E-state index is -1.01. The molecule has 2 aliphatic rings. The van der Waals surface area contributed by atoms with Gasteiger partial charge in [0, 0.05) is 36.1 Å². The number of aryl methyl sites for hydroxylation is 3. The molecule has 360 valence electrons. The molecule has 1 saturated heterocycles. The van der Waals surface area contributed by atoms with Crippen LogP contribution in [0.1, 0.15) is 90.8 Å². The van der Waals surface area contributed by atoms with E-state index < -0.39 is 41.6 Å². The number of aromatic nitrogens is 4. The van der Waals surface area contributed by atoms with Crippen LogP contribution in [-0.4, -0.2) is 104 Å². The average molecular weight is 972 g/mol. The molecule has 6 aromatic rings. The Morgan fingerprint density at radius 3 is 2.14 bits per heavy atom. The van der Waals surface area contributed by atoms with Gasteiger partial charge in [0.2, 0.25) is 17.7 Å². The fourth-order valence-electron chi connectivity index (χ4n) is 8.68. The zero-order valence-electron chi connectivity index (χ0n) is 40.1. The predicted molar refractivity (Wildman–Crippen MR) is 266 cm³/mol. The van der Waals surface area contributed by atoms with Crippen LogP contribution >= 0.6 is 22.7 Å². The van der Waals surface area contributed by atoms with Crippen molar-refractivity contribution >= 4 is 52.0 Å². The number of hydrogen-bond donors (Lipinski definition) is 4. The summed E-state index contributed by atoms with van der Waals surface area (Å²) < 4.78 is 12.9. The molecule has 4 amide bonds.